The molecule has 1 aromatic rings. The van der Waals surface area contributed by atoms with Crippen molar-refractivity contribution in [3.05, 3.63) is 39.9 Å². The van der Waals surface area contributed by atoms with Gasteiger partial charge in [0.2, 0.25) is 5.91 Å². The van der Waals surface area contributed by atoms with Gasteiger partial charge < -0.3 is 10.6 Å². The summed E-state index contributed by atoms with van der Waals surface area (Å²) < 4.78 is 0. The van der Waals surface area contributed by atoms with Crippen LogP contribution in [0.1, 0.15) is 12.0 Å². The molecule has 1 heterocycles. The van der Waals surface area contributed by atoms with Gasteiger partial charge in [0.25, 0.3) is 5.69 Å². The van der Waals surface area contributed by atoms with Crippen LogP contribution in [0.25, 0.3) is 0 Å². The molecule has 1 fully saturated rings. The van der Waals surface area contributed by atoms with E-state index in [9.17, 15) is 14.9 Å². The molecular formula is C13H18ClN3O3. The fourth-order valence-corrected chi connectivity index (χ4v) is 2.27. The highest BCUT2D eigenvalue weighted by atomic mass is 35.5. The number of amides is 1. The Hall–Kier alpha value is -1.66. The molecule has 0 aromatic heterocycles. The van der Waals surface area contributed by atoms with Crippen molar-refractivity contribution in [1.82, 2.24) is 4.90 Å². The van der Waals surface area contributed by atoms with E-state index in [-0.39, 0.29) is 30.4 Å². The standard InChI is InChI=1S/C13H17N3O3.ClH/c14-8-11-5-6-15(9-11)13(17)7-10-1-3-12(4-2-10)16(18)19;/h1-4,11H,5-9,14H2;1H. The second-order valence-electron chi connectivity index (χ2n) is 4.83. The predicted octanol–water partition coefficient (Wildman–Crippen LogP) is 1.37. The maximum absolute atomic E-state index is 12.0. The van der Waals surface area contributed by atoms with Crippen molar-refractivity contribution >= 4 is 24.0 Å². The molecule has 110 valence electrons. The van der Waals surface area contributed by atoms with Gasteiger partial charge in [-0.2, -0.15) is 0 Å². The van der Waals surface area contributed by atoms with E-state index in [4.69, 9.17) is 5.73 Å². The molecule has 7 heteroatoms. The third-order valence-corrected chi connectivity index (χ3v) is 3.47. The summed E-state index contributed by atoms with van der Waals surface area (Å²) in [6, 6.07) is 6.11. The molecule has 20 heavy (non-hydrogen) atoms. The molecule has 2 N–H and O–H groups in total. The van der Waals surface area contributed by atoms with Gasteiger partial charge in [0.1, 0.15) is 0 Å². The Bertz CT molecular complexity index is 478. The van der Waals surface area contributed by atoms with E-state index in [2.05, 4.69) is 0 Å². The van der Waals surface area contributed by atoms with Crippen molar-refractivity contribution < 1.29 is 9.72 Å². The molecule has 0 spiro atoms. The minimum absolute atomic E-state index is 0. The fraction of sp³-hybridized carbons (Fsp3) is 0.462. The number of nitro benzene ring substituents is 1. The summed E-state index contributed by atoms with van der Waals surface area (Å²) in [5.74, 6) is 0.464. The molecule has 1 saturated heterocycles. The van der Waals surface area contributed by atoms with Crippen LogP contribution in [0, 0.1) is 16.0 Å². The Labute approximate surface area is 123 Å². The first-order chi connectivity index (χ1) is 9.10. The highest BCUT2D eigenvalue weighted by molar-refractivity contribution is 5.85. The van der Waals surface area contributed by atoms with Gasteiger partial charge in [0.15, 0.2) is 0 Å². The average Bonchev–Trinajstić information content (AvgIpc) is 2.88. The van der Waals surface area contributed by atoms with Crippen molar-refractivity contribution in [1.29, 1.82) is 0 Å². The maximum Gasteiger partial charge on any atom is 0.269 e. The molecule has 1 aliphatic heterocycles. The van der Waals surface area contributed by atoms with Crippen LogP contribution in [0.5, 0.6) is 0 Å². The molecule has 0 bridgehead atoms. The molecule has 1 aromatic carbocycles. The van der Waals surface area contributed by atoms with Gasteiger partial charge >= 0.3 is 0 Å². The first-order valence-corrected chi connectivity index (χ1v) is 6.31. The van der Waals surface area contributed by atoms with Crippen LogP contribution in [0.2, 0.25) is 0 Å². The van der Waals surface area contributed by atoms with Gasteiger partial charge in [-0.05, 0) is 24.4 Å². The number of nitrogens with zero attached hydrogens (tertiary/aromatic N) is 2. The summed E-state index contributed by atoms with van der Waals surface area (Å²) in [5.41, 5.74) is 6.43. The first kappa shape index (κ1) is 16.4. The maximum atomic E-state index is 12.0. The summed E-state index contributed by atoms with van der Waals surface area (Å²) in [6.07, 6.45) is 1.25. The minimum Gasteiger partial charge on any atom is -0.342 e. The Morgan fingerprint density at radius 2 is 2.05 bits per heavy atom. The molecule has 6 nitrogen and oxygen atoms in total. The Balaban J connectivity index is 0.00000200. The van der Waals surface area contributed by atoms with Gasteiger partial charge in [-0.15, -0.1) is 12.4 Å². The largest absolute Gasteiger partial charge is 0.342 e. The molecular weight excluding hydrogens is 282 g/mol. The number of halogens is 1. The van der Waals surface area contributed by atoms with Crippen LogP contribution >= 0.6 is 12.4 Å². The summed E-state index contributed by atoms with van der Waals surface area (Å²) in [4.78, 5) is 23.9. The van der Waals surface area contributed by atoms with E-state index in [0.29, 0.717) is 12.5 Å². The van der Waals surface area contributed by atoms with Gasteiger partial charge in [-0.1, -0.05) is 12.1 Å². The molecule has 0 radical (unpaired) electrons. The van der Waals surface area contributed by atoms with E-state index in [1.54, 1.807) is 12.1 Å². The Kier molecular flexibility index (Phi) is 5.91. The zero-order chi connectivity index (χ0) is 13.8. The number of rotatable bonds is 4. The topological polar surface area (TPSA) is 89.5 Å². The van der Waals surface area contributed by atoms with Crippen LogP contribution in [0.3, 0.4) is 0 Å². The first-order valence-electron chi connectivity index (χ1n) is 6.31. The predicted molar refractivity (Wildman–Crippen MR) is 77.8 cm³/mol. The second kappa shape index (κ2) is 7.21. The van der Waals surface area contributed by atoms with Crippen molar-refractivity contribution in [2.24, 2.45) is 11.7 Å². The average molecular weight is 300 g/mol. The molecule has 0 saturated carbocycles. The lowest BCUT2D eigenvalue weighted by molar-refractivity contribution is -0.384. The zero-order valence-electron chi connectivity index (χ0n) is 11.0. The van der Waals surface area contributed by atoms with Crippen LogP contribution in [-0.4, -0.2) is 35.4 Å². The van der Waals surface area contributed by atoms with Crippen LogP contribution in [0.15, 0.2) is 24.3 Å². The van der Waals surface area contributed by atoms with Crippen LogP contribution in [0.4, 0.5) is 5.69 Å². The van der Waals surface area contributed by atoms with Crippen molar-refractivity contribution in [2.75, 3.05) is 19.6 Å². The molecule has 1 atom stereocenters. The number of nitro groups is 1. The van der Waals surface area contributed by atoms with E-state index in [1.807, 2.05) is 4.90 Å². The summed E-state index contributed by atoms with van der Waals surface area (Å²) in [6.45, 7) is 2.09. The molecule has 1 unspecified atom stereocenters. The van der Waals surface area contributed by atoms with E-state index in [1.165, 1.54) is 12.1 Å². The van der Waals surface area contributed by atoms with Crippen molar-refractivity contribution in [2.45, 2.75) is 12.8 Å². The highest BCUT2D eigenvalue weighted by Crippen LogP contribution is 2.17. The molecule has 1 aliphatic rings. The fourth-order valence-electron chi connectivity index (χ4n) is 2.27. The second-order valence-corrected chi connectivity index (χ2v) is 4.83. The number of hydrogen-bond acceptors (Lipinski definition) is 4. The zero-order valence-corrected chi connectivity index (χ0v) is 11.8. The van der Waals surface area contributed by atoms with E-state index < -0.39 is 4.92 Å². The van der Waals surface area contributed by atoms with Crippen LogP contribution < -0.4 is 5.73 Å². The van der Waals surface area contributed by atoms with Gasteiger partial charge in [-0.3, -0.25) is 14.9 Å². The number of nitrogens with two attached hydrogens (primary N) is 1. The Morgan fingerprint density at radius 1 is 1.40 bits per heavy atom. The summed E-state index contributed by atoms with van der Waals surface area (Å²) >= 11 is 0. The monoisotopic (exact) mass is 299 g/mol. The van der Waals surface area contributed by atoms with Crippen LogP contribution in [-0.2, 0) is 11.2 Å². The number of carbonyl (C=O) groups excluding carboxylic acids is 1. The van der Waals surface area contributed by atoms with Gasteiger partial charge in [-0.25, -0.2) is 0 Å². The molecule has 2 rings (SSSR count). The third kappa shape index (κ3) is 3.91. The normalized spacial score (nSPS) is 17.6. The number of non-ortho nitro benzene ring substituents is 1. The number of carbonyl (C=O) groups is 1. The lowest BCUT2D eigenvalue weighted by Gasteiger charge is -2.16. The molecule has 1 amide bonds. The van der Waals surface area contributed by atoms with Gasteiger partial charge in [0, 0.05) is 25.2 Å². The minimum atomic E-state index is -0.447. The number of benzene rings is 1. The lowest BCUT2D eigenvalue weighted by Crippen LogP contribution is -2.31. The number of hydrogen-bond donors (Lipinski definition) is 1. The van der Waals surface area contributed by atoms with Gasteiger partial charge in [0.05, 0.1) is 11.3 Å². The molecule has 0 aliphatic carbocycles. The quantitative estimate of drug-likeness (QED) is 0.671. The summed E-state index contributed by atoms with van der Waals surface area (Å²) in [7, 11) is 0. The lowest BCUT2D eigenvalue weighted by atomic mass is 10.1. The smallest absolute Gasteiger partial charge is 0.269 e. The summed E-state index contributed by atoms with van der Waals surface area (Å²) in [5, 5.41) is 10.5. The number of likely N-dealkylation sites (tertiary alicyclic amines) is 1. The third-order valence-electron chi connectivity index (χ3n) is 3.47. The van der Waals surface area contributed by atoms with Crippen molar-refractivity contribution in [3.8, 4) is 0 Å². The van der Waals surface area contributed by atoms with E-state index in [0.717, 1.165) is 25.1 Å². The SMILES string of the molecule is Cl.NCC1CCN(C(=O)Cc2ccc([N+](=O)[O-])cc2)C1. The van der Waals surface area contributed by atoms with E-state index >= 15 is 0 Å². The Morgan fingerprint density at radius 3 is 2.55 bits per heavy atom. The highest BCUT2D eigenvalue weighted by Gasteiger charge is 2.25. The van der Waals surface area contributed by atoms with Crippen molar-refractivity contribution in [3.63, 3.8) is 0 Å².